The number of thioether (sulfide) groups is 1. The third-order valence-corrected chi connectivity index (χ3v) is 7.27. The lowest BCUT2D eigenvalue weighted by molar-refractivity contribution is -0.140. The molecule has 1 N–H and O–H groups in total. The Morgan fingerprint density at radius 2 is 1.88 bits per heavy atom. The molecule has 0 saturated heterocycles. The molecule has 1 saturated carbocycles. The van der Waals surface area contributed by atoms with Crippen LogP contribution in [0.3, 0.4) is 0 Å². The summed E-state index contributed by atoms with van der Waals surface area (Å²) in [6.07, 6.45) is 5.90. The van der Waals surface area contributed by atoms with E-state index in [0.29, 0.717) is 23.7 Å². The monoisotopic (exact) mass is 488 g/mol. The Morgan fingerprint density at radius 1 is 1.15 bits per heavy atom. The minimum Gasteiger partial charge on any atom is -0.497 e. The predicted molar refractivity (Wildman–Crippen MR) is 135 cm³/mol. The lowest BCUT2D eigenvalue weighted by Crippen LogP contribution is -2.50. The van der Waals surface area contributed by atoms with Gasteiger partial charge in [0.2, 0.25) is 11.8 Å². The summed E-state index contributed by atoms with van der Waals surface area (Å²) in [6.45, 7) is 2.18. The van der Waals surface area contributed by atoms with E-state index in [2.05, 4.69) is 5.32 Å². The SMILES string of the molecule is COc1cccc(CN(C(=O)CCSc2ccc(Cl)cc2)[C@H](C)C(=O)NC2CCCCC2)c1. The Balaban J connectivity index is 1.66. The van der Waals surface area contributed by atoms with Crippen LogP contribution in [0.15, 0.2) is 53.4 Å². The summed E-state index contributed by atoms with van der Waals surface area (Å²) in [4.78, 5) is 29.1. The third-order valence-electron chi connectivity index (χ3n) is 6.00. The van der Waals surface area contributed by atoms with Gasteiger partial charge >= 0.3 is 0 Å². The third kappa shape index (κ3) is 7.97. The molecule has 0 aliphatic heterocycles. The van der Waals surface area contributed by atoms with Gasteiger partial charge in [0.1, 0.15) is 11.8 Å². The number of nitrogens with one attached hydrogen (secondary N) is 1. The van der Waals surface area contributed by atoms with Crippen LogP contribution in [0.2, 0.25) is 5.02 Å². The second kappa shape index (κ2) is 12.9. The molecule has 1 fully saturated rings. The van der Waals surface area contributed by atoms with Gasteiger partial charge in [0.25, 0.3) is 0 Å². The van der Waals surface area contributed by atoms with Crippen molar-refractivity contribution in [2.45, 2.75) is 69.0 Å². The fourth-order valence-corrected chi connectivity index (χ4v) is 5.02. The van der Waals surface area contributed by atoms with Gasteiger partial charge < -0.3 is 15.0 Å². The Kier molecular flexibility index (Phi) is 9.95. The lowest BCUT2D eigenvalue weighted by Gasteiger charge is -2.31. The summed E-state index contributed by atoms with van der Waals surface area (Å²) in [6, 6.07) is 14.9. The topological polar surface area (TPSA) is 58.6 Å². The van der Waals surface area contributed by atoms with E-state index < -0.39 is 6.04 Å². The molecule has 2 aromatic carbocycles. The first-order valence-corrected chi connectivity index (χ1v) is 12.9. The number of methoxy groups -OCH3 is 1. The number of hydrogen-bond acceptors (Lipinski definition) is 4. The van der Waals surface area contributed by atoms with Crippen molar-refractivity contribution in [2.75, 3.05) is 12.9 Å². The van der Waals surface area contributed by atoms with Gasteiger partial charge in [0.05, 0.1) is 7.11 Å². The quantitative estimate of drug-likeness (QED) is 0.436. The molecule has 3 rings (SSSR count). The zero-order chi connectivity index (χ0) is 23.6. The first kappa shape index (κ1) is 25.4. The number of halogens is 1. The number of benzene rings is 2. The van der Waals surface area contributed by atoms with Crippen molar-refractivity contribution < 1.29 is 14.3 Å². The van der Waals surface area contributed by atoms with Crippen molar-refractivity contribution in [3.05, 3.63) is 59.1 Å². The molecule has 0 bridgehead atoms. The highest BCUT2D eigenvalue weighted by Gasteiger charge is 2.28. The van der Waals surface area contributed by atoms with Crippen LogP contribution in [0.4, 0.5) is 0 Å². The molecule has 2 amide bonds. The predicted octanol–water partition coefficient (Wildman–Crippen LogP) is 5.70. The van der Waals surface area contributed by atoms with Gasteiger partial charge in [-0.15, -0.1) is 11.8 Å². The Bertz CT molecular complexity index is 916. The first-order chi connectivity index (χ1) is 16.0. The van der Waals surface area contributed by atoms with Crippen LogP contribution in [0, 0.1) is 0 Å². The van der Waals surface area contributed by atoms with Crippen molar-refractivity contribution in [1.82, 2.24) is 10.2 Å². The number of rotatable bonds is 10. The second-order valence-electron chi connectivity index (χ2n) is 8.45. The van der Waals surface area contributed by atoms with E-state index in [1.165, 1.54) is 6.42 Å². The van der Waals surface area contributed by atoms with Crippen LogP contribution in [-0.2, 0) is 16.1 Å². The number of hydrogen-bond donors (Lipinski definition) is 1. The summed E-state index contributed by atoms with van der Waals surface area (Å²) < 4.78 is 5.33. The highest BCUT2D eigenvalue weighted by atomic mass is 35.5. The Morgan fingerprint density at radius 3 is 2.58 bits per heavy atom. The minimum absolute atomic E-state index is 0.0365. The van der Waals surface area contributed by atoms with Gasteiger partial charge in [-0.25, -0.2) is 0 Å². The van der Waals surface area contributed by atoms with E-state index in [9.17, 15) is 9.59 Å². The Hall–Kier alpha value is -2.18. The van der Waals surface area contributed by atoms with Crippen molar-refractivity contribution in [2.24, 2.45) is 0 Å². The normalized spacial score (nSPS) is 15.0. The maximum atomic E-state index is 13.3. The zero-order valence-corrected chi connectivity index (χ0v) is 21.0. The fourth-order valence-electron chi connectivity index (χ4n) is 4.05. The first-order valence-electron chi connectivity index (χ1n) is 11.6. The highest BCUT2D eigenvalue weighted by Crippen LogP contribution is 2.23. The van der Waals surface area contributed by atoms with Gasteiger partial charge in [-0.2, -0.15) is 0 Å². The molecule has 178 valence electrons. The average molecular weight is 489 g/mol. The number of amides is 2. The summed E-state index contributed by atoms with van der Waals surface area (Å²) in [5.74, 6) is 1.25. The number of nitrogens with zero attached hydrogens (tertiary/aromatic N) is 1. The average Bonchev–Trinajstić information content (AvgIpc) is 2.84. The van der Waals surface area contributed by atoms with E-state index >= 15 is 0 Å². The van der Waals surface area contributed by atoms with Gasteiger partial charge in [0.15, 0.2) is 0 Å². The van der Waals surface area contributed by atoms with Crippen LogP contribution in [-0.4, -0.2) is 41.7 Å². The molecule has 1 aliphatic carbocycles. The van der Waals surface area contributed by atoms with E-state index in [0.717, 1.165) is 41.9 Å². The summed E-state index contributed by atoms with van der Waals surface area (Å²) in [5.41, 5.74) is 0.936. The van der Waals surface area contributed by atoms with Crippen molar-refractivity contribution in [3.63, 3.8) is 0 Å². The molecule has 2 aromatic rings. The Labute approximate surface area is 206 Å². The van der Waals surface area contributed by atoms with E-state index in [4.69, 9.17) is 16.3 Å². The summed E-state index contributed by atoms with van der Waals surface area (Å²) in [5, 5.41) is 3.87. The number of carbonyl (C=O) groups excluding carboxylic acids is 2. The van der Waals surface area contributed by atoms with Crippen LogP contribution in [0.1, 0.15) is 51.0 Å². The van der Waals surface area contributed by atoms with Crippen LogP contribution >= 0.6 is 23.4 Å². The van der Waals surface area contributed by atoms with Crippen molar-refractivity contribution >= 4 is 35.2 Å². The van der Waals surface area contributed by atoms with Crippen LogP contribution < -0.4 is 10.1 Å². The molecular weight excluding hydrogens is 456 g/mol. The van der Waals surface area contributed by atoms with Crippen molar-refractivity contribution in [1.29, 1.82) is 0 Å². The molecule has 0 radical (unpaired) electrons. The van der Waals surface area contributed by atoms with Gasteiger partial charge in [0, 0.05) is 34.7 Å². The van der Waals surface area contributed by atoms with Gasteiger partial charge in [-0.1, -0.05) is 43.0 Å². The lowest BCUT2D eigenvalue weighted by atomic mass is 9.95. The van der Waals surface area contributed by atoms with Crippen molar-refractivity contribution in [3.8, 4) is 5.75 Å². The molecular formula is C26H33ClN2O3S. The molecule has 7 heteroatoms. The molecule has 0 spiro atoms. The molecule has 0 unspecified atom stereocenters. The summed E-state index contributed by atoms with van der Waals surface area (Å²) >= 11 is 7.56. The van der Waals surface area contributed by atoms with Gasteiger partial charge in [-0.3, -0.25) is 9.59 Å². The zero-order valence-electron chi connectivity index (χ0n) is 19.4. The molecule has 5 nitrogen and oxygen atoms in total. The maximum absolute atomic E-state index is 13.3. The highest BCUT2D eigenvalue weighted by molar-refractivity contribution is 7.99. The molecule has 1 atom stereocenters. The van der Waals surface area contributed by atoms with E-state index in [1.54, 1.807) is 23.8 Å². The minimum atomic E-state index is -0.550. The molecule has 33 heavy (non-hydrogen) atoms. The van der Waals surface area contributed by atoms with E-state index in [1.807, 2.05) is 55.5 Å². The second-order valence-corrected chi connectivity index (χ2v) is 10.0. The van der Waals surface area contributed by atoms with E-state index in [-0.39, 0.29) is 17.9 Å². The molecule has 0 heterocycles. The fraction of sp³-hybridized carbons (Fsp3) is 0.462. The van der Waals surface area contributed by atoms with Crippen LogP contribution in [0.25, 0.3) is 0 Å². The molecule has 1 aliphatic rings. The van der Waals surface area contributed by atoms with Crippen LogP contribution in [0.5, 0.6) is 5.75 Å². The summed E-state index contributed by atoms with van der Waals surface area (Å²) in [7, 11) is 1.62. The maximum Gasteiger partial charge on any atom is 0.242 e. The smallest absolute Gasteiger partial charge is 0.242 e. The number of carbonyl (C=O) groups is 2. The largest absolute Gasteiger partial charge is 0.497 e. The standard InChI is InChI=1S/C26H33ClN2O3S/c1-19(26(31)28-22-8-4-3-5-9-22)29(18-20-7-6-10-23(17-20)32-2)25(30)15-16-33-24-13-11-21(27)12-14-24/h6-7,10-14,17,19,22H,3-5,8-9,15-16,18H2,1-2H3,(H,28,31)/t19-/m1/s1. The van der Waals surface area contributed by atoms with Gasteiger partial charge in [-0.05, 0) is 61.7 Å². The number of ether oxygens (including phenoxy) is 1. The molecule has 0 aromatic heterocycles.